The van der Waals surface area contributed by atoms with Crippen molar-refractivity contribution in [1.29, 1.82) is 0 Å². The second-order valence-electron chi connectivity index (χ2n) is 9.76. The van der Waals surface area contributed by atoms with Gasteiger partial charge in [0, 0.05) is 17.4 Å². The number of benzene rings is 2. The third kappa shape index (κ3) is 4.45. The fraction of sp³-hybridized carbons (Fsp3) is 0.500. The number of fused-ring (bicyclic) bond motifs is 2. The SMILES string of the molecule is CCC(CC1C2CCC1C[N+](C)(Cc1ccccc1)C2)(C(N)=O)c1ccccc1.[I-]. The minimum atomic E-state index is -0.535. The standard InChI is InChI=1S/C26H34N2O.HI/c1-3-26(25(27)29,23-12-8-5-9-13-23)16-24-21-14-15-22(24)19-28(2,18-21)17-20-10-6-4-7-11-20;/h4-13,21-22,24H,3,14-19H2,1-2H3,(H-,27,29);1H. The Morgan fingerprint density at radius 2 is 1.53 bits per heavy atom. The molecule has 1 saturated carbocycles. The van der Waals surface area contributed by atoms with Crippen LogP contribution in [0.4, 0.5) is 0 Å². The topological polar surface area (TPSA) is 43.1 Å². The number of halogens is 1. The quantitative estimate of drug-likeness (QED) is 0.439. The summed E-state index contributed by atoms with van der Waals surface area (Å²) < 4.78 is 1.12. The van der Waals surface area contributed by atoms with Gasteiger partial charge in [0.25, 0.3) is 0 Å². The number of amides is 1. The average molecular weight is 518 g/mol. The molecule has 4 heteroatoms. The van der Waals surface area contributed by atoms with Crippen molar-refractivity contribution < 1.29 is 33.3 Å². The largest absolute Gasteiger partial charge is 1.00 e. The Kier molecular flexibility index (Phi) is 7.28. The number of carbonyl (C=O) groups is 1. The van der Waals surface area contributed by atoms with Gasteiger partial charge in [-0.05, 0) is 37.2 Å². The maximum Gasteiger partial charge on any atom is 0.228 e. The van der Waals surface area contributed by atoms with Crippen molar-refractivity contribution >= 4 is 5.91 Å². The van der Waals surface area contributed by atoms with Crippen LogP contribution in [0.3, 0.4) is 0 Å². The molecule has 4 rings (SSSR count). The molecule has 162 valence electrons. The number of quaternary nitrogens is 1. The van der Waals surface area contributed by atoms with Crippen LogP contribution in [0.1, 0.15) is 43.7 Å². The number of primary amides is 1. The van der Waals surface area contributed by atoms with E-state index in [1.54, 1.807) is 0 Å². The summed E-state index contributed by atoms with van der Waals surface area (Å²) in [5, 5.41) is 0. The van der Waals surface area contributed by atoms with Crippen LogP contribution in [-0.2, 0) is 16.8 Å². The van der Waals surface area contributed by atoms with Crippen LogP contribution in [0.2, 0.25) is 0 Å². The van der Waals surface area contributed by atoms with E-state index in [-0.39, 0.29) is 29.9 Å². The second kappa shape index (κ2) is 9.39. The summed E-state index contributed by atoms with van der Waals surface area (Å²) in [4.78, 5) is 12.7. The monoisotopic (exact) mass is 518 g/mol. The lowest BCUT2D eigenvalue weighted by molar-refractivity contribution is -0.933. The zero-order valence-electron chi connectivity index (χ0n) is 18.3. The smallest absolute Gasteiger partial charge is 0.228 e. The highest BCUT2D eigenvalue weighted by Gasteiger charge is 2.52. The van der Waals surface area contributed by atoms with Crippen LogP contribution >= 0.6 is 0 Å². The van der Waals surface area contributed by atoms with Crippen molar-refractivity contribution in [3.05, 3.63) is 71.8 Å². The Morgan fingerprint density at radius 3 is 2.03 bits per heavy atom. The number of hydrogen-bond acceptors (Lipinski definition) is 1. The van der Waals surface area contributed by atoms with E-state index in [1.807, 2.05) is 18.2 Å². The summed E-state index contributed by atoms with van der Waals surface area (Å²) in [5.74, 6) is 1.83. The molecule has 2 N–H and O–H groups in total. The molecule has 1 aliphatic carbocycles. The molecule has 1 aliphatic heterocycles. The molecule has 3 nitrogen and oxygen atoms in total. The number of piperidine rings is 1. The zero-order chi connectivity index (χ0) is 20.5. The lowest BCUT2D eigenvalue weighted by atomic mass is 9.66. The van der Waals surface area contributed by atoms with Crippen molar-refractivity contribution in [3.63, 3.8) is 0 Å². The van der Waals surface area contributed by atoms with Gasteiger partial charge in [0.2, 0.25) is 5.91 Å². The lowest BCUT2D eigenvalue weighted by Gasteiger charge is -2.47. The number of nitrogens with zero attached hydrogens (tertiary/aromatic N) is 1. The molecule has 2 aromatic rings. The van der Waals surface area contributed by atoms with Crippen molar-refractivity contribution in [1.82, 2.24) is 0 Å². The van der Waals surface area contributed by atoms with E-state index >= 15 is 0 Å². The predicted octanol–water partition coefficient (Wildman–Crippen LogP) is 1.52. The highest BCUT2D eigenvalue weighted by atomic mass is 127. The summed E-state index contributed by atoms with van der Waals surface area (Å²) in [7, 11) is 2.42. The van der Waals surface area contributed by atoms with Crippen LogP contribution in [0.5, 0.6) is 0 Å². The molecule has 1 amide bonds. The molecular weight excluding hydrogens is 483 g/mol. The third-order valence-electron chi connectivity index (χ3n) is 7.86. The van der Waals surface area contributed by atoms with Crippen LogP contribution < -0.4 is 29.7 Å². The molecule has 1 heterocycles. The van der Waals surface area contributed by atoms with Crippen molar-refractivity contribution in [3.8, 4) is 0 Å². The van der Waals surface area contributed by atoms with Gasteiger partial charge >= 0.3 is 0 Å². The van der Waals surface area contributed by atoms with Crippen molar-refractivity contribution in [2.24, 2.45) is 23.5 Å². The minimum absolute atomic E-state index is 0. The van der Waals surface area contributed by atoms with Crippen LogP contribution in [0.15, 0.2) is 60.7 Å². The van der Waals surface area contributed by atoms with Gasteiger partial charge in [-0.15, -0.1) is 0 Å². The number of rotatable bonds is 7. The average Bonchev–Trinajstić information content (AvgIpc) is 2.96. The molecule has 3 atom stereocenters. The summed E-state index contributed by atoms with van der Waals surface area (Å²) in [6.07, 6.45) is 4.28. The van der Waals surface area contributed by atoms with Crippen LogP contribution in [-0.4, -0.2) is 30.5 Å². The molecule has 2 aromatic carbocycles. The molecule has 3 unspecified atom stereocenters. The molecule has 0 radical (unpaired) electrons. The van der Waals surface area contributed by atoms with E-state index in [0.29, 0.717) is 17.8 Å². The summed E-state index contributed by atoms with van der Waals surface area (Å²) >= 11 is 0. The molecule has 30 heavy (non-hydrogen) atoms. The molecule has 0 spiro atoms. The first-order valence-corrected chi connectivity index (χ1v) is 11.2. The van der Waals surface area contributed by atoms with Gasteiger partial charge in [-0.3, -0.25) is 4.79 Å². The summed E-state index contributed by atoms with van der Waals surface area (Å²) in [6, 6.07) is 21.2. The number of hydrogen-bond donors (Lipinski definition) is 1. The molecule has 0 aromatic heterocycles. The Balaban J connectivity index is 0.00000256. The van der Waals surface area contributed by atoms with Gasteiger partial charge in [0.15, 0.2) is 0 Å². The fourth-order valence-electron chi connectivity index (χ4n) is 6.43. The van der Waals surface area contributed by atoms with Gasteiger partial charge in [0.05, 0.1) is 25.6 Å². The first-order chi connectivity index (χ1) is 14.0. The summed E-state index contributed by atoms with van der Waals surface area (Å²) in [6.45, 7) is 5.65. The van der Waals surface area contributed by atoms with Crippen LogP contribution in [0, 0.1) is 17.8 Å². The van der Waals surface area contributed by atoms with Gasteiger partial charge in [-0.1, -0.05) is 67.6 Å². The minimum Gasteiger partial charge on any atom is -1.00 e. The predicted molar refractivity (Wildman–Crippen MR) is 118 cm³/mol. The Labute approximate surface area is 198 Å². The number of likely N-dealkylation sites (tertiary alicyclic amines) is 1. The summed E-state index contributed by atoms with van der Waals surface area (Å²) in [5.41, 5.74) is 8.05. The maximum atomic E-state index is 12.7. The highest BCUT2D eigenvalue weighted by molar-refractivity contribution is 5.86. The Bertz CT molecular complexity index is 827. The fourth-order valence-corrected chi connectivity index (χ4v) is 6.43. The molecule has 2 aliphatic rings. The Hall–Kier alpha value is -1.40. The van der Waals surface area contributed by atoms with Gasteiger partial charge in [-0.25, -0.2) is 0 Å². The normalized spacial score (nSPS) is 29.6. The first-order valence-electron chi connectivity index (χ1n) is 11.2. The number of nitrogens with two attached hydrogens (primary N) is 1. The van der Waals surface area contributed by atoms with Gasteiger partial charge in [-0.2, -0.15) is 0 Å². The van der Waals surface area contributed by atoms with Crippen LogP contribution in [0.25, 0.3) is 0 Å². The molecule has 2 bridgehead atoms. The second-order valence-corrected chi connectivity index (χ2v) is 9.76. The Morgan fingerprint density at radius 1 is 1.00 bits per heavy atom. The van der Waals surface area contributed by atoms with E-state index in [1.165, 1.54) is 31.5 Å². The molecule has 1 saturated heterocycles. The number of carbonyl (C=O) groups excluding carboxylic acids is 1. The third-order valence-corrected chi connectivity index (χ3v) is 7.86. The first kappa shape index (κ1) is 23.3. The van der Waals surface area contributed by atoms with Gasteiger partial charge < -0.3 is 34.2 Å². The van der Waals surface area contributed by atoms with E-state index in [2.05, 4.69) is 56.4 Å². The van der Waals surface area contributed by atoms with Crippen molar-refractivity contribution in [2.45, 2.75) is 44.6 Å². The van der Waals surface area contributed by atoms with E-state index in [0.717, 1.165) is 29.4 Å². The zero-order valence-corrected chi connectivity index (χ0v) is 20.4. The highest BCUT2D eigenvalue weighted by Crippen LogP contribution is 2.50. The van der Waals surface area contributed by atoms with Gasteiger partial charge in [0.1, 0.15) is 6.54 Å². The maximum absolute atomic E-state index is 12.7. The van der Waals surface area contributed by atoms with E-state index < -0.39 is 5.41 Å². The molecular formula is C26H35IN2O. The lowest BCUT2D eigenvalue weighted by Crippen LogP contribution is -3.00. The molecule has 2 fully saturated rings. The van der Waals surface area contributed by atoms with E-state index in [9.17, 15) is 4.79 Å². The van der Waals surface area contributed by atoms with E-state index in [4.69, 9.17) is 5.73 Å². The van der Waals surface area contributed by atoms with Crippen molar-refractivity contribution in [2.75, 3.05) is 20.1 Å².